The monoisotopic (exact) mass is 782 g/mol. The number of aromatic nitrogens is 2. The quantitative estimate of drug-likeness (QED) is 0.0439. The average molecular weight is 782 g/mol. The van der Waals surface area contributed by atoms with Gasteiger partial charge in [0.2, 0.25) is 0 Å². The molecule has 57 heavy (non-hydrogen) atoms. The van der Waals surface area contributed by atoms with Crippen LogP contribution in [0.3, 0.4) is 0 Å². The van der Waals surface area contributed by atoms with E-state index < -0.39 is 0 Å². The second-order valence-corrected chi connectivity index (χ2v) is 18.4. The first-order valence-corrected chi connectivity index (χ1v) is 25.3. The maximum Gasteiger partial charge on any atom is 0.258 e. The lowest BCUT2D eigenvalue weighted by Gasteiger charge is -2.37. The average Bonchev–Trinajstić information content (AvgIpc) is 3.70. The van der Waals surface area contributed by atoms with E-state index >= 15 is 0 Å². The molecule has 1 aromatic heterocycles. The SMILES string of the molecule is CCCCCCCCCCCCCCCCCCCC(c1[nH]cc[n+]1CCCCCCCCCCCCCCCCC)C(C)(Cc1ccccc1)c1ccccc1. The summed E-state index contributed by atoms with van der Waals surface area (Å²) in [6.07, 6.45) is 52.3. The normalized spacial score (nSPS) is 13.2. The number of benzene rings is 2. The van der Waals surface area contributed by atoms with Gasteiger partial charge in [0.05, 0.1) is 12.5 Å². The zero-order chi connectivity index (χ0) is 40.3. The highest BCUT2D eigenvalue weighted by Crippen LogP contribution is 2.43. The molecule has 3 rings (SSSR count). The van der Waals surface area contributed by atoms with Crippen LogP contribution in [0.4, 0.5) is 0 Å². The van der Waals surface area contributed by atoms with Gasteiger partial charge in [-0.3, -0.25) is 0 Å². The second kappa shape index (κ2) is 33.5. The number of nitrogens with zero attached hydrogens (tertiary/aromatic N) is 1. The Kier molecular flexibility index (Phi) is 28.8. The predicted octanol–water partition coefficient (Wildman–Crippen LogP) is 17.5. The van der Waals surface area contributed by atoms with Crippen LogP contribution in [0.5, 0.6) is 0 Å². The Balaban J connectivity index is 1.44. The molecule has 0 aliphatic heterocycles. The van der Waals surface area contributed by atoms with Crippen LogP contribution in [0.2, 0.25) is 0 Å². The fraction of sp³-hybridized carbons (Fsp3) is 0.727. The Labute approximate surface area is 355 Å². The molecule has 0 bridgehead atoms. The Morgan fingerprint density at radius 2 is 0.825 bits per heavy atom. The molecule has 322 valence electrons. The van der Waals surface area contributed by atoms with Crippen LogP contribution < -0.4 is 4.57 Å². The Hall–Kier alpha value is -2.35. The van der Waals surface area contributed by atoms with Gasteiger partial charge in [0, 0.05) is 5.41 Å². The third-order valence-corrected chi connectivity index (χ3v) is 13.3. The number of hydrogen-bond acceptors (Lipinski definition) is 0. The lowest BCUT2D eigenvalue weighted by molar-refractivity contribution is -0.705. The van der Waals surface area contributed by atoms with Crippen LogP contribution in [-0.2, 0) is 18.4 Å². The molecule has 0 spiro atoms. The Morgan fingerprint density at radius 1 is 0.456 bits per heavy atom. The molecule has 0 fully saturated rings. The summed E-state index contributed by atoms with van der Waals surface area (Å²) in [4.78, 5) is 3.84. The maximum absolute atomic E-state index is 3.84. The van der Waals surface area contributed by atoms with Gasteiger partial charge in [0.15, 0.2) is 0 Å². The van der Waals surface area contributed by atoms with E-state index in [9.17, 15) is 0 Å². The predicted molar refractivity (Wildman–Crippen MR) is 251 cm³/mol. The van der Waals surface area contributed by atoms with Crippen LogP contribution in [0.1, 0.15) is 256 Å². The van der Waals surface area contributed by atoms with Crippen molar-refractivity contribution in [1.82, 2.24) is 4.98 Å². The van der Waals surface area contributed by atoms with Crippen molar-refractivity contribution in [3.05, 3.63) is 90.0 Å². The van der Waals surface area contributed by atoms with Crippen LogP contribution >= 0.6 is 0 Å². The number of H-pyrrole nitrogens is 1. The third-order valence-electron chi connectivity index (χ3n) is 13.3. The summed E-state index contributed by atoms with van der Waals surface area (Å²) < 4.78 is 2.60. The van der Waals surface area contributed by atoms with Crippen LogP contribution in [-0.4, -0.2) is 4.98 Å². The Morgan fingerprint density at radius 3 is 1.25 bits per heavy atom. The molecule has 0 saturated heterocycles. The molecule has 0 aliphatic rings. The number of hydrogen-bond donors (Lipinski definition) is 1. The van der Waals surface area contributed by atoms with Crippen molar-refractivity contribution >= 4 is 0 Å². The smallest absolute Gasteiger partial charge is 0.247 e. The van der Waals surface area contributed by atoms with Crippen molar-refractivity contribution in [2.45, 2.75) is 257 Å². The second-order valence-electron chi connectivity index (χ2n) is 18.4. The summed E-state index contributed by atoms with van der Waals surface area (Å²) in [5, 5.41) is 0. The van der Waals surface area contributed by atoms with Gasteiger partial charge in [-0.05, 0) is 36.8 Å². The molecule has 2 unspecified atom stereocenters. The van der Waals surface area contributed by atoms with Gasteiger partial charge in [-0.25, -0.2) is 9.55 Å². The van der Waals surface area contributed by atoms with Gasteiger partial charge in [0.1, 0.15) is 12.4 Å². The minimum atomic E-state index is -0.000673. The highest BCUT2D eigenvalue weighted by molar-refractivity contribution is 5.32. The highest BCUT2D eigenvalue weighted by atomic mass is 15.1. The van der Waals surface area contributed by atoms with Crippen molar-refractivity contribution in [1.29, 1.82) is 0 Å². The minimum Gasteiger partial charge on any atom is -0.247 e. The first-order chi connectivity index (χ1) is 28.2. The van der Waals surface area contributed by atoms with Crippen molar-refractivity contribution < 1.29 is 4.57 Å². The van der Waals surface area contributed by atoms with Crippen molar-refractivity contribution in [3.63, 3.8) is 0 Å². The van der Waals surface area contributed by atoms with Crippen molar-refractivity contribution in [2.24, 2.45) is 0 Å². The molecule has 0 saturated carbocycles. The van der Waals surface area contributed by atoms with E-state index in [1.165, 1.54) is 229 Å². The molecule has 3 aromatic rings. The first kappa shape index (κ1) is 49.0. The van der Waals surface area contributed by atoms with Gasteiger partial charge < -0.3 is 0 Å². The maximum atomic E-state index is 3.84. The molecular weight excluding hydrogens is 689 g/mol. The lowest BCUT2D eigenvalue weighted by Crippen LogP contribution is -2.43. The van der Waals surface area contributed by atoms with Gasteiger partial charge in [-0.1, -0.05) is 274 Å². The van der Waals surface area contributed by atoms with Crippen LogP contribution in [0, 0.1) is 0 Å². The number of aromatic amines is 1. The summed E-state index contributed by atoms with van der Waals surface area (Å²) in [6.45, 7) is 8.31. The van der Waals surface area contributed by atoms with E-state index in [1.807, 2.05) is 0 Å². The molecule has 0 aliphatic carbocycles. The molecule has 1 N–H and O–H groups in total. The summed E-state index contributed by atoms with van der Waals surface area (Å²) in [6, 6.07) is 22.8. The molecule has 2 heteroatoms. The molecule has 0 amide bonds. The first-order valence-electron chi connectivity index (χ1n) is 25.3. The zero-order valence-electron chi connectivity index (χ0n) is 38.2. The van der Waals surface area contributed by atoms with Crippen molar-refractivity contribution in [3.8, 4) is 0 Å². The minimum absolute atomic E-state index is 0.000673. The fourth-order valence-electron chi connectivity index (χ4n) is 9.62. The third kappa shape index (κ3) is 22.0. The Bertz CT molecular complexity index is 1280. The highest BCUT2D eigenvalue weighted by Gasteiger charge is 2.42. The van der Waals surface area contributed by atoms with Gasteiger partial charge in [-0.15, -0.1) is 0 Å². The molecule has 0 radical (unpaired) electrons. The number of nitrogens with one attached hydrogen (secondary N) is 1. The van der Waals surface area contributed by atoms with E-state index in [-0.39, 0.29) is 5.41 Å². The summed E-state index contributed by atoms with van der Waals surface area (Å²) in [5.41, 5.74) is 2.91. The van der Waals surface area contributed by atoms with Crippen LogP contribution in [0.25, 0.3) is 0 Å². The molecule has 2 nitrogen and oxygen atoms in total. The van der Waals surface area contributed by atoms with E-state index in [1.54, 1.807) is 0 Å². The summed E-state index contributed by atoms with van der Waals surface area (Å²) in [5.74, 6) is 1.88. The van der Waals surface area contributed by atoms with Crippen molar-refractivity contribution in [2.75, 3.05) is 0 Å². The largest absolute Gasteiger partial charge is 0.258 e. The van der Waals surface area contributed by atoms with E-state index in [4.69, 9.17) is 0 Å². The fourth-order valence-corrected chi connectivity index (χ4v) is 9.62. The number of aryl methyl sites for hydroxylation is 1. The lowest BCUT2D eigenvalue weighted by atomic mass is 9.66. The molecule has 2 aromatic carbocycles. The van der Waals surface area contributed by atoms with E-state index in [2.05, 4.69) is 103 Å². The van der Waals surface area contributed by atoms with Gasteiger partial charge in [-0.2, -0.15) is 0 Å². The standard InChI is InChI=1S/C55H92N2/c1-4-6-8-10-12-14-16-18-20-21-22-24-26-28-30-32-40-46-53(55(3,52-44-38-35-39-45-52)50-51-42-36-34-37-43-51)54-56-47-49-57(54)48-41-33-31-29-27-25-23-19-17-15-13-11-9-7-5-2/h34-39,42-45,47,49,53H,4-33,40-41,46,48,50H2,1-3H3/p+1. The topological polar surface area (TPSA) is 19.7 Å². The summed E-state index contributed by atoms with van der Waals surface area (Å²) in [7, 11) is 0. The van der Waals surface area contributed by atoms with E-state index in [0.29, 0.717) is 5.92 Å². The van der Waals surface area contributed by atoms with Gasteiger partial charge >= 0.3 is 0 Å². The molecule has 1 heterocycles. The number of imidazole rings is 1. The number of rotatable bonds is 39. The zero-order valence-corrected chi connectivity index (χ0v) is 38.2. The number of unbranched alkanes of at least 4 members (excludes halogenated alkanes) is 30. The van der Waals surface area contributed by atoms with Crippen LogP contribution in [0.15, 0.2) is 73.1 Å². The van der Waals surface area contributed by atoms with Gasteiger partial charge in [0.25, 0.3) is 5.82 Å². The summed E-state index contributed by atoms with van der Waals surface area (Å²) >= 11 is 0. The molecular formula is C55H93N2+. The molecule has 2 atom stereocenters. The van der Waals surface area contributed by atoms with E-state index in [0.717, 1.165) is 13.0 Å².